The maximum absolute atomic E-state index is 9.14. The van der Waals surface area contributed by atoms with Gasteiger partial charge in [0.25, 0.3) is 0 Å². The average Bonchev–Trinajstić information content (AvgIpc) is 2.28. The second-order valence-corrected chi connectivity index (χ2v) is 7.29. The molecule has 0 atom stereocenters. The summed E-state index contributed by atoms with van der Waals surface area (Å²) < 4.78 is 10.8. The minimum absolute atomic E-state index is 0.303. The second kappa shape index (κ2) is 5.30. The molecule has 0 heterocycles. The normalized spacial score (nSPS) is 11.7. The van der Waals surface area contributed by atoms with Crippen molar-refractivity contribution < 1.29 is 14.0 Å². The molecular weight excluding hydrogens is 208 g/mol. The van der Waals surface area contributed by atoms with Gasteiger partial charge in [0.15, 0.2) is 0 Å². The number of rotatable bonds is 5. The van der Waals surface area contributed by atoms with Gasteiger partial charge >= 0.3 is 8.56 Å². The summed E-state index contributed by atoms with van der Waals surface area (Å²) in [7, 11) is 1.45. The third-order valence-electron chi connectivity index (χ3n) is 2.67. The Morgan fingerprint density at radius 1 is 1.13 bits per heavy atom. The van der Waals surface area contributed by atoms with Crippen LogP contribution in [0.25, 0.3) is 0 Å². The second-order valence-electron chi connectivity index (χ2n) is 3.71. The molecule has 1 aromatic carbocycles. The van der Waals surface area contributed by atoms with Crippen molar-refractivity contribution in [3.63, 3.8) is 0 Å². The molecule has 0 unspecified atom stereocenters. The Morgan fingerprint density at radius 3 is 2.13 bits per heavy atom. The van der Waals surface area contributed by atoms with Gasteiger partial charge in [0.1, 0.15) is 5.75 Å². The molecule has 84 valence electrons. The smallest absolute Gasteiger partial charge is 0.334 e. The van der Waals surface area contributed by atoms with Crippen LogP contribution in [-0.4, -0.2) is 27.9 Å². The highest BCUT2D eigenvalue weighted by Crippen LogP contribution is 2.17. The Morgan fingerprint density at radius 2 is 1.67 bits per heavy atom. The lowest BCUT2D eigenvalue weighted by Gasteiger charge is -2.22. The van der Waals surface area contributed by atoms with Crippen LogP contribution in [0.4, 0.5) is 0 Å². The molecule has 0 saturated heterocycles. The number of aryl methyl sites for hydroxylation is 1. The van der Waals surface area contributed by atoms with E-state index in [-0.39, 0.29) is 0 Å². The lowest BCUT2D eigenvalue weighted by atomic mass is 10.2. The quantitative estimate of drug-likeness (QED) is 0.783. The van der Waals surface area contributed by atoms with Crippen molar-refractivity contribution in [2.24, 2.45) is 0 Å². The highest BCUT2D eigenvalue weighted by atomic mass is 28.4. The van der Waals surface area contributed by atoms with E-state index in [1.165, 1.54) is 5.56 Å². The van der Waals surface area contributed by atoms with Crippen LogP contribution in [0.1, 0.15) is 5.56 Å². The standard InChI is InChI=1S/C11H18O3Si/c1-13-15(3,14-2)9-8-10-4-6-11(12)7-5-10/h4-7,12H,8-9H2,1-3H3. The zero-order valence-electron chi connectivity index (χ0n) is 9.49. The monoisotopic (exact) mass is 226 g/mol. The Hall–Kier alpha value is -0.843. The van der Waals surface area contributed by atoms with E-state index in [1.54, 1.807) is 26.4 Å². The van der Waals surface area contributed by atoms with E-state index in [1.807, 2.05) is 18.7 Å². The van der Waals surface area contributed by atoms with Crippen LogP contribution in [0.2, 0.25) is 12.6 Å². The summed E-state index contributed by atoms with van der Waals surface area (Å²) in [4.78, 5) is 0. The molecule has 1 rings (SSSR count). The molecule has 4 heteroatoms. The summed E-state index contributed by atoms with van der Waals surface area (Å²) in [5.41, 5.74) is 1.20. The van der Waals surface area contributed by atoms with Crippen molar-refractivity contribution >= 4 is 8.56 Å². The SMILES string of the molecule is CO[Si](C)(CCc1ccc(O)cc1)OC. The molecule has 0 spiro atoms. The lowest BCUT2D eigenvalue weighted by molar-refractivity contribution is 0.249. The van der Waals surface area contributed by atoms with E-state index in [0.717, 1.165) is 12.5 Å². The van der Waals surface area contributed by atoms with Crippen LogP contribution >= 0.6 is 0 Å². The van der Waals surface area contributed by atoms with Crippen LogP contribution in [0.15, 0.2) is 24.3 Å². The first-order valence-electron chi connectivity index (χ1n) is 4.98. The average molecular weight is 226 g/mol. The van der Waals surface area contributed by atoms with E-state index < -0.39 is 8.56 Å². The first-order chi connectivity index (χ1) is 7.09. The van der Waals surface area contributed by atoms with E-state index >= 15 is 0 Å². The van der Waals surface area contributed by atoms with E-state index in [4.69, 9.17) is 14.0 Å². The molecule has 0 amide bonds. The number of hydrogen-bond donors (Lipinski definition) is 1. The number of phenolic OH excluding ortho intramolecular Hbond substituents is 1. The first kappa shape index (κ1) is 12.2. The molecule has 0 aliphatic rings. The molecule has 0 saturated carbocycles. The van der Waals surface area contributed by atoms with Gasteiger partial charge in [0.2, 0.25) is 0 Å². The van der Waals surface area contributed by atoms with E-state index in [0.29, 0.717) is 5.75 Å². The van der Waals surface area contributed by atoms with Crippen LogP contribution in [0, 0.1) is 0 Å². The Bertz CT molecular complexity index is 293. The van der Waals surface area contributed by atoms with Crippen molar-refractivity contribution in [1.29, 1.82) is 0 Å². The van der Waals surface area contributed by atoms with E-state index in [9.17, 15) is 0 Å². The van der Waals surface area contributed by atoms with Crippen molar-refractivity contribution in [2.45, 2.75) is 19.0 Å². The van der Waals surface area contributed by atoms with Crippen LogP contribution in [0.5, 0.6) is 5.75 Å². The zero-order chi connectivity index (χ0) is 11.3. The fourth-order valence-corrected chi connectivity index (χ4v) is 2.64. The molecule has 0 fully saturated rings. The van der Waals surface area contributed by atoms with Gasteiger partial charge < -0.3 is 14.0 Å². The van der Waals surface area contributed by atoms with Gasteiger partial charge in [-0.05, 0) is 36.7 Å². The van der Waals surface area contributed by atoms with Crippen molar-refractivity contribution in [3.8, 4) is 5.75 Å². The minimum Gasteiger partial charge on any atom is -0.508 e. The molecule has 0 aromatic heterocycles. The summed E-state index contributed by atoms with van der Waals surface area (Å²) in [6.07, 6.45) is 0.921. The summed E-state index contributed by atoms with van der Waals surface area (Å²) in [5, 5.41) is 9.14. The van der Waals surface area contributed by atoms with Gasteiger partial charge in [0.05, 0.1) is 0 Å². The largest absolute Gasteiger partial charge is 0.508 e. The van der Waals surface area contributed by atoms with Gasteiger partial charge in [-0.1, -0.05) is 12.1 Å². The third kappa shape index (κ3) is 3.66. The van der Waals surface area contributed by atoms with Gasteiger partial charge in [-0.25, -0.2) is 0 Å². The molecule has 1 N–H and O–H groups in total. The Balaban J connectivity index is 2.53. The van der Waals surface area contributed by atoms with Crippen molar-refractivity contribution in [3.05, 3.63) is 29.8 Å². The van der Waals surface area contributed by atoms with Gasteiger partial charge in [0, 0.05) is 14.2 Å². The molecule has 0 bridgehead atoms. The predicted octanol–water partition coefficient (Wildman–Crippen LogP) is 2.30. The summed E-state index contributed by atoms with van der Waals surface area (Å²) in [6.45, 7) is 2.05. The molecular formula is C11H18O3Si. The number of benzene rings is 1. The Labute approximate surface area is 91.9 Å². The van der Waals surface area contributed by atoms with Crippen LogP contribution in [-0.2, 0) is 15.3 Å². The van der Waals surface area contributed by atoms with Crippen LogP contribution in [0.3, 0.4) is 0 Å². The molecule has 0 radical (unpaired) electrons. The number of phenols is 1. The fourth-order valence-electron chi connectivity index (χ4n) is 1.32. The summed E-state index contributed by atoms with van der Waals surface area (Å²) in [5.74, 6) is 0.303. The molecule has 15 heavy (non-hydrogen) atoms. The topological polar surface area (TPSA) is 38.7 Å². The highest BCUT2D eigenvalue weighted by molar-refractivity contribution is 6.65. The third-order valence-corrected chi connectivity index (χ3v) is 5.55. The molecule has 1 aromatic rings. The van der Waals surface area contributed by atoms with Gasteiger partial charge in [-0.2, -0.15) is 0 Å². The highest BCUT2D eigenvalue weighted by Gasteiger charge is 2.27. The van der Waals surface area contributed by atoms with Gasteiger partial charge in [-0.15, -0.1) is 0 Å². The fraction of sp³-hybridized carbons (Fsp3) is 0.455. The lowest BCUT2D eigenvalue weighted by Crippen LogP contribution is -2.36. The van der Waals surface area contributed by atoms with E-state index in [2.05, 4.69) is 0 Å². The predicted molar refractivity (Wildman–Crippen MR) is 62.3 cm³/mol. The molecule has 0 aliphatic carbocycles. The maximum atomic E-state index is 9.14. The van der Waals surface area contributed by atoms with Gasteiger partial charge in [-0.3, -0.25) is 0 Å². The number of aromatic hydroxyl groups is 1. The first-order valence-corrected chi connectivity index (χ1v) is 7.50. The van der Waals surface area contributed by atoms with Crippen LogP contribution < -0.4 is 0 Å². The molecule has 3 nitrogen and oxygen atoms in total. The summed E-state index contributed by atoms with van der Waals surface area (Å²) >= 11 is 0. The number of hydrogen-bond acceptors (Lipinski definition) is 3. The van der Waals surface area contributed by atoms with Crippen molar-refractivity contribution in [1.82, 2.24) is 0 Å². The molecule has 0 aliphatic heterocycles. The zero-order valence-corrected chi connectivity index (χ0v) is 10.5. The minimum atomic E-state index is -1.96. The Kier molecular flexibility index (Phi) is 4.32. The van der Waals surface area contributed by atoms with Crippen molar-refractivity contribution in [2.75, 3.05) is 14.2 Å². The maximum Gasteiger partial charge on any atom is 0.334 e. The summed E-state index contributed by atoms with van der Waals surface area (Å²) in [6, 6.07) is 8.18.